The van der Waals surface area contributed by atoms with Crippen LogP contribution in [0.25, 0.3) is 0 Å². The number of urea groups is 2. The number of imide groups is 1. The number of allylic oxidation sites excluding steroid dienone is 1. The molecule has 1 saturated carbocycles. The van der Waals surface area contributed by atoms with Gasteiger partial charge in [0.05, 0.1) is 54.5 Å². The summed E-state index contributed by atoms with van der Waals surface area (Å²) in [7, 11) is -10.6. The molecule has 442 valence electrons. The number of pyridine rings is 1. The second kappa shape index (κ2) is 27.6. The van der Waals surface area contributed by atoms with Crippen LogP contribution >= 0.6 is 11.6 Å². The molecule has 0 unspecified atom stereocenters. The third-order valence-electron chi connectivity index (χ3n) is 10.3. The van der Waals surface area contributed by atoms with E-state index in [1.54, 1.807) is 23.9 Å². The molecule has 1 aliphatic heterocycles. The quantitative estimate of drug-likeness (QED) is 0.0452. The number of anilines is 3. The predicted molar refractivity (Wildman–Crippen MR) is 271 cm³/mol. The number of methoxy groups -OCH3 is 2. The van der Waals surface area contributed by atoms with Crippen molar-refractivity contribution in [1.29, 1.82) is 0 Å². The zero-order chi connectivity index (χ0) is 60.9. The van der Waals surface area contributed by atoms with E-state index in [9.17, 15) is 71.2 Å². The van der Waals surface area contributed by atoms with Gasteiger partial charge in [0.15, 0.2) is 20.6 Å². The molecule has 2 aliphatic rings. The maximum atomic E-state index is 14.3. The first-order chi connectivity index (χ1) is 38.5. The molecule has 0 atom stereocenters. The number of benzene rings is 2. The number of carboxylic acids is 1. The summed E-state index contributed by atoms with van der Waals surface area (Å²) in [6.45, 7) is -2.19. The fraction of sp³-hybridized carbons (Fsp3) is 0.289. The third-order valence-corrected chi connectivity index (χ3v) is 15.1. The molecule has 5 aromatic rings. The van der Waals surface area contributed by atoms with Crippen molar-refractivity contribution in [3.05, 3.63) is 94.6 Å². The van der Waals surface area contributed by atoms with E-state index < -0.39 is 117 Å². The first-order valence-electron chi connectivity index (χ1n) is 22.8. The topological polar surface area (TPSA) is 379 Å². The summed E-state index contributed by atoms with van der Waals surface area (Å²) in [5.41, 5.74) is -0.333. The minimum absolute atomic E-state index is 0.00962. The minimum atomic E-state index is -4.71. The molecule has 37 heteroatoms. The van der Waals surface area contributed by atoms with Gasteiger partial charge in [-0.15, -0.1) is 0 Å². The lowest BCUT2D eigenvalue weighted by molar-refractivity contribution is -0.115. The number of carbonyl (C=O) groups excluding carboxylic acids is 4. The first-order valence-corrected chi connectivity index (χ1v) is 27.8. The van der Waals surface area contributed by atoms with Crippen LogP contribution in [-0.4, -0.2) is 125 Å². The Kier molecular flexibility index (Phi) is 21.6. The van der Waals surface area contributed by atoms with Gasteiger partial charge in [-0.25, -0.2) is 59.7 Å². The smallest absolute Gasteiger partial charge is 0.427 e. The number of nitrogens with zero attached hydrogens (tertiary/aromatic N) is 6. The fourth-order valence-corrected chi connectivity index (χ4v) is 10.6. The summed E-state index contributed by atoms with van der Waals surface area (Å²) < 4.78 is 169. The van der Waals surface area contributed by atoms with E-state index in [-0.39, 0.29) is 51.8 Å². The Hall–Kier alpha value is -8.77. The second-order valence-corrected chi connectivity index (χ2v) is 22.0. The molecule has 4 heterocycles. The van der Waals surface area contributed by atoms with Gasteiger partial charge in [-0.1, -0.05) is 30.7 Å². The van der Waals surface area contributed by atoms with E-state index in [4.69, 9.17) is 35.7 Å². The van der Waals surface area contributed by atoms with Crippen molar-refractivity contribution >= 4 is 89.1 Å². The number of carbonyl (C=O) groups is 5. The van der Waals surface area contributed by atoms with Crippen molar-refractivity contribution in [1.82, 2.24) is 34.4 Å². The Morgan fingerprint density at radius 3 is 1.78 bits per heavy atom. The maximum Gasteiger partial charge on any atom is 0.427 e. The lowest BCUT2D eigenvalue weighted by atomic mass is 10.2. The second-order valence-electron chi connectivity index (χ2n) is 16.1. The van der Waals surface area contributed by atoms with Crippen LogP contribution < -0.4 is 48.7 Å². The van der Waals surface area contributed by atoms with Gasteiger partial charge in [-0.2, -0.15) is 45.9 Å². The van der Waals surface area contributed by atoms with Crippen LogP contribution in [0.2, 0.25) is 5.02 Å². The zero-order valence-electron chi connectivity index (χ0n) is 42.7. The van der Waals surface area contributed by atoms with Crippen LogP contribution in [-0.2, 0) is 39.4 Å². The number of halogens is 6. The number of amides is 6. The Morgan fingerprint density at radius 2 is 1.28 bits per heavy atom. The number of sulfonamides is 2. The fourth-order valence-electron chi connectivity index (χ4n) is 6.73. The van der Waals surface area contributed by atoms with Gasteiger partial charge in [-0.3, -0.25) is 15.4 Å². The highest BCUT2D eigenvalue weighted by molar-refractivity contribution is 7.93. The molecule has 28 nitrogen and oxygen atoms in total. The Balaban J connectivity index is 0.000000227. The molecule has 0 bridgehead atoms. The number of aromatic nitrogens is 5. The number of carboxylic acid groups (broad SMARTS) is 1. The van der Waals surface area contributed by atoms with Crippen LogP contribution in [0, 0.1) is 5.82 Å². The van der Waals surface area contributed by atoms with Crippen LogP contribution in [0.4, 0.5) is 53.9 Å². The molecule has 1 aliphatic carbocycles. The number of hydrogen-bond acceptors (Lipinski definition) is 22. The minimum Gasteiger partial charge on any atom is -0.489 e. The zero-order valence-corrected chi connectivity index (χ0v) is 45.9. The molecule has 0 spiro atoms. The average molecular weight is 1240 g/mol. The summed E-state index contributed by atoms with van der Waals surface area (Å²) in [6, 6.07) is 8.02. The molecular formula is C45H44ClF5N10O18S3. The number of hydrogen-bond donors (Lipinski definition) is 5. The number of sulfone groups is 1. The summed E-state index contributed by atoms with van der Waals surface area (Å²) in [5.74, 6) is -6.30. The van der Waals surface area contributed by atoms with E-state index in [1.165, 1.54) is 56.2 Å². The SMILES string of the molecule is CC(C)=C1OC(=O)N(c2cc(OC3CCCC3)c(Cl)cc2F)C1=O.CCS(=O)(=O)c1cccnc1S(=O)(=O)NC(=O)Nc1nc(OC)cc(OC)n1.O=C(Nc1nc(OC(F)F)cc(OC(F)F)n1)NS(=O)(=O)c1ccccc1C(=O)O. The predicted octanol–water partition coefficient (Wildman–Crippen LogP) is 6.66. The summed E-state index contributed by atoms with van der Waals surface area (Å²) in [4.78, 5) is 76.7. The first kappa shape index (κ1) is 64.1. The van der Waals surface area contributed by atoms with Crippen LogP contribution in [0.3, 0.4) is 0 Å². The van der Waals surface area contributed by atoms with Crippen molar-refractivity contribution < 1.29 is 105 Å². The number of aromatic carboxylic acids is 1. The standard InChI is InChI=1S/C17H17ClFNO4.C14H10F4N4O7S.C14H17N5O7S2/c1-9(2)15-16(21)20(17(22)24-15)13-8-14(11(18)7-12(13)19)23-10-5-3-4-6-10;15-11(16)28-8-5-9(29-12(17)18)20-13(19-8)21-14(25)22-30(26,27)7-4-2-1-3-6(7)10(23)24;1-4-27(21,22)9-6-5-7-15-12(9)28(23,24)19-14(20)18-13-16-10(25-2)8-11(17-13)26-3/h7-8,10H,3-6H2,1-2H3;1-5,11-12H,(H,23,24)(H2,19,20,21,22,25);5-8H,4H2,1-3H3,(H2,16,17,18,19,20). The third kappa shape index (κ3) is 17.1. The average Bonchev–Trinajstić information content (AvgIpc) is 4.10. The van der Waals surface area contributed by atoms with E-state index >= 15 is 0 Å². The van der Waals surface area contributed by atoms with Gasteiger partial charge in [-0.05, 0) is 75.4 Å². The van der Waals surface area contributed by atoms with Crippen LogP contribution in [0.5, 0.6) is 29.3 Å². The Morgan fingerprint density at radius 1 is 0.768 bits per heavy atom. The lowest BCUT2D eigenvalue weighted by Gasteiger charge is -2.18. The molecule has 7 rings (SSSR count). The number of ether oxygens (including phenoxy) is 6. The van der Waals surface area contributed by atoms with E-state index in [0.29, 0.717) is 16.5 Å². The number of nitrogens with one attached hydrogen (secondary N) is 4. The van der Waals surface area contributed by atoms with E-state index in [0.717, 1.165) is 56.1 Å². The Bertz CT molecular complexity index is 3570. The number of rotatable bonds is 18. The van der Waals surface area contributed by atoms with E-state index in [1.807, 2.05) is 0 Å². The molecule has 82 heavy (non-hydrogen) atoms. The lowest BCUT2D eigenvalue weighted by Crippen LogP contribution is -2.36. The highest BCUT2D eigenvalue weighted by Gasteiger charge is 2.40. The molecule has 0 radical (unpaired) electrons. The highest BCUT2D eigenvalue weighted by Crippen LogP contribution is 2.38. The molecule has 5 N–H and O–H groups in total. The van der Waals surface area contributed by atoms with Crippen molar-refractivity contribution in [2.24, 2.45) is 0 Å². The monoisotopic (exact) mass is 1240 g/mol. The maximum absolute atomic E-state index is 14.3. The molecule has 3 aromatic heterocycles. The van der Waals surface area contributed by atoms with Crippen molar-refractivity contribution in [2.75, 3.05) is 35.5 Å². The van der Waals surface area contributed by atoms with Crippen molar-refractivity contribution in [2.45, 2.75) is 80.6 Å². The molecule has 2 fully saturated rings. The van der Waals surface area contributed by atoms with Crippen molar-refractivity contribution in [3.8, 4) is 29.3 Å². The van der Waals surface area contributed by atoms with Gasteiger partial charge in [0.1, 0.15) is 21.4 Å². The normalized spacial score (nSPS) is 13.4. The summed E-state index contributed by atoms with van der Waals surface area (Å²) in [5, 5.41) is 12.1. The van der Waals surface area contributed by atoms with Gasteiger partial charge >= 0.3 is 43.3 Å². The van der Waals surface area contributed by atoms with Crippen LogP contribution in [0.1, 0.15) is 56.8 Å². The van der Waals surface area contributed by atoms with E-state index in [2.05, 4.69) is 39.7 Å². The van der Waals surface area contributed by atoms with Crippen LogP contribution in [0.15, 0.2) is 93.0 Å². The highest BCUT2D eigenvalue weighted by atomic mass is 35.5. The molecular weight excluding hydrogens is 1200 g/mol. The van der Waals surface area contributed by atoms with Crippen molar-refractivity contribution in [3.63, 3.8) is 0 Å². The number of cyclic esters (lactones) is 1. The largest absolute Gasteiger partial charge is 0.489 e. The summed E-state index contributed by atoms with van der Waals surface area (Å²) in [6.07, 6.45) is 4.09. The molecule has 1 saturated heterocycles. The van der Waals surface area contributed by atoms with Gasteiger partial charge in [0, 0.05) is 12.3 Å². The van der Waals surface area contributed by atoms with Gasteiger partial charge in [0.25, 0.3) is 20.0 Å². The molecule has 2 aromatic carbocycles. The molecule has 6 amide bonds. The summed E-state index contributed by atoms with van der Waals surface area (Å²) >= 11 is 6.04. The number of alkyl halides is 4. The van der Waals surface area contributed by atoms with Gasteiger partial charge in [0.2, 0.25) is 35.4 Å². The Labute approximate surface area is 466 Å². The van der Waals surface area contributed by atoms with Gasteiger partial charge < -0.3 is 33.5 Å².